The van der Waals surface area contributed by atoms with E-state index < -0.39 is 0 Å². The number of benzene rings is 3. The van der Waals surface area contributed by atoms with Gasteiger partial charge in [0.2, 0.25) is 0 Å². The molecule has 1 atom stereocenters. The summed E-state index contributed by atoms with van der Waals surface area (Å²) in [5.41, 5.74) is 0.651. The molecule has 3 aromatic carbocycles. The molecule has 0 aliphatic carbocycles. The van der Waals surface area contributed by atoms with Crippen LogP contribution in [0.25, 0.3) is 10.8 Å². The number of fused-ring (bicyclic) bond motifs is 1. The zero-order chi connectivity index (χ0) is 23.1. The predicted octanol–water partition coefficient (Wildman–Crippen LogP) is 8.16. The monoisotopic (exact) mass is 450 g/mol. The Morgan fingerprint density at radius 2 is 1.56 bits per heavy atom. The number of Topliss-reactive ketones (excluding diaryl/α,β-unsaturated/α-hetero) is 1. The van der Waals surface area contributed by atoms with E-state index in [-0.39, 0.29) is 16.4 Å². The zero-order valence-corrected chi connectivity index (χ0v) is 20.6. The summed E-state index contributed by atoms with van der Waals surface area (Å²) in [5.74, 6) is 3.47. The van der Waals surface area contributed by atoms with Gasteiger partial charge in [-0.1, -0.05) is 64.8 Å². The van der Waals surface area contributed by atoms with E-state index in [1.807, 2.05) is 60.7 Å². The van der Waals surface area contributed by atoms with Crippen LogP contribution in [0.4, 0.5) is 0 Å². The molecular formula is C28H34O3S. The zero-order valence-electron chi connectivity index (χ0n) is 19.8. The Kier molecular flexibility index (Phi) is 8.25. The van der Waals surface area contributed by atoms with E-state index in [9.17, 15) is 4.79 Å². The van der Waals surface area contributed by atoms with Crippen LogP contribution in [0.5, 0.6) is 17.2 Å². The van der Waals surface area contributed by atoms with Gasteiger partial charge in [0, 0.05) is 10.9 Å². The van der Waals surface area contributed by atoms with Crippen molar-refractivity contribution in [2.24, 2.45) is 5.41 Å². The fraction of sp³-hybridized carbons (Fsp3) is 0.393. The molecule has 0 amide bonds. The highest BCUT2D eigenvalue weighted by Crippen LogP contribution is 2.38. The van der Waals surface area contributed by atoms with Crippen LogP contribution in [-0.4, -0.2) is 23.9 Å². The number of ether oxygens (including phenoxy) is 2. The van der Waals surface area contributed by atoms with Crippen molar-refractivity contribution in [3.8, 4) is 17.2 Å². The molecule has 32 heavy (non-hydrogen) atoms. The minimum absolute atomic E-state index is 0.0869. The van der Waals surface area contributed by atoms with Crippen LogP contribution in [0.1, 0.15) is 57.3 Å². The molecule has 0 N–H and O–H groups in total. The van der Waals surface area contributed by atoms with Gasteiger partial charge in [0.15, 0.2) is 5.78 Å². The van der Waals surface area contributed by atoms with Gasteiger partial charge in [-0.3, -0.25) is 4.79 Å². The molecule has 0 radical (unpaired) electrons. The van der Waals surface area contributed by atoms with Crippen LogP contribution in [0, 0.1) is 5.41 Å². The molecule has 0 bridgehead atoms. The molecule has 0 fully saturated rings. The SMILES string of the molecule is CCCCCSC(C(=O)c1ccc(Oc2ccc(OC)cc2)c2ccccc12)C(C)(C)C. The molecular weight excluding hydrogens is 416 g/mol. The number of methoxy groups -OCH3 is 1. The number of rotatable bonds is 10. The Labute approximate surface area is 196 Å². The minimum atomic E-state index is -0.118. The predicted molar refractivity (Wildman–Crippen MR) is 137 cm³/mol. The van der Waals surface area contributed by atoms with Gasteiger partial charge in [-0.15, -0.1) is 11.8 Å². The van der Waals surface area contributed by atoms with Crippen molar-refractivity contribution in [3.63, 3.8) is 0 Å². The lowest BCUT2D eigenvalue weighted by Crippen LogP contribution is -2.32. The van der Waals surface area contributed by atoms with Crippen molar-refractivity contribution < 1.29 is 14.3 Å². The van der Waals surface area contributed by atoms with E-state index in [4.69, 9.17) is 9.47 Å². The average molecular weight is 451 g/mol. The quantitative estimate of drug-likeness (QED) is 0.230. The molecule has 1 unspecified atom stereocenters. The highest BCUT2D eigenvalue weighted by molar-refractivity contribution is 8.00. The van der Waals surface area contributed by atoms with Gasteiger partial charge in [0.05, 0.1) is 12.4 Å². The third-order valence-electron chi connectivity index (χ3n) is 5.49. The molecule has 0 aromatic heterocycles. The first-order chi connectivity index (χ1) is 15.3. The molecule has 0 aliphatic heterocycles. The Morgan fingerprint density at radius 3 is 2.19 bits per heavy atom. The second-order valence-corrected chi connectivity index (χ2v) is 10.3. The Bertz CT molecular complexity index is 1030. The normalized spacial score (nSPS) is 12.5. The Hall–Kier alpha value is -2.46. The van der Waals surface area contributed by atoms with Gasteiger partial charge in [-0.2, -0.15) is 0 Å². The van der Waals surface area contributed by atoms with Gasteiger partial charge in [-0.25, -0.2) is 0 Å². The molecule has 0 spiro atoms. The summed E-state index contributed by atoms with van der Waals surface area (Å²) < 4.78 is 11.4. The standard InChI is InChI=1S/C28H34O3S/c1-6-7-10-19-32-27(28(2,3)4)26(29)24-17-18-25(23-12-9-8-11-22(23)24)31-21-15-13-20(30-5)14-16-21/h8-9,11-18,27H,6-7,10,19H2,1-5H3. The summed E-state index contributed by atoms with van der Waals surface area (Å²) in [5, 5.41) is 1.79. The summed E-state index contributed by atoms with van der Waals surface area (Å²) in [4.78, 5) is 13.7. The van der Waals surface area contributed by atoms with Crippen LogP contribution in [0.2, 0.25) is 0 Å². The number of hydrogen-bond donors (Lipinski definition) is 0. The minimum Gasteiger partial charge on any atom is -0.497 e. The summed E-state index contributed by atoms with van der Waals surface area (Å²) >= 11 is 1.80. The van der Waals surface area contributed by atoms with Crippen LogP contribution < -0.4 is 9.47 Å². The molecule has 4 heteroatoms. The molecule has 3 nitrogen and oxygen atoms in total. The molecule has 0 heterocycles. The van der Waals surface area contributed by atoms with Gasteiger partial charge < -0.3 is 9.47 Å². The largest absolute Gasteiger partial charge is 0.497 e. The van der Waals surface area contributed by atoms with Crippen molar-refractivity contribution >= 4 is 28.3 Å². The summed E-state index contributed by atoms with van der Waals surface area (Å²) in [7, 11) is 1.64. The van der Waals surface area contributed by atoms with Crippen molar-refractivity contribution in [1.29, 1.82) is 0 Å². The Morgan fingerprint density at radius 1 is 0.906 bits per heavy atom. The third kappa shape index (κ3) is 5.86. The number of carbonyl (C=O) groups excluding carboxylic acids is 1. The highest BCUT2D eigenvalue weighted by atomic mass is 32.2. The van der Waals surface area contributed by atoms with E-state index in [1.165, 1.54) is 12.8 Å². The summed E-state index contributed by atoms with van der Waals surface area (Å²) in [6.07, 6.45) is 3.55. The van der Waals surface area contributed by atoms with Crippen molar-refractivity contribution in [2.45, 2.75) is 52.2 Å². The second-order valence-electron chi connectivity index (χ2n) is 9.12. The van der Waals surface area contributed by atoms with E-state index in [0.29, 0.717) is 0 Å². The maximum Gasteiger partial charge on any atom is 0.176 e. The van der Waals surface area contributed by atoms with E-state index >= 15 is 0 Å². The lowest BCUT2D eigenvalue weighted by molar-refractivity contribution is 0.0952. The van der Waals surface area contributed by atoms with Crippen molar-refractivity contribution in [2.75, 3.05) is 12.9 Å². The number of ketones is 1. The van der Waals surface area contributed by atoms with Crippen LogP contribution >= 0.6 is 11.8 Å². The first kappa shape index (κ1) is 24.2. The van der Waals surface area contributed by atoms with E-state index in [0.717, 1.165) is 45.8 Å². The highest BCUT2D eigenvalue weighted by Gasteiger charge is 2.33. The van der Waals surface area contributed by atoms with Gasteiger partial charge >= 0.3 is 0 Å². The maximum absolute atomic E-state index is 13.7. The van der Waals surface area contributed by atoms with Gasteiger partial charge in [-0.05, 0) is 59.4 Å². The summed E-state index contributed by atoms with van der Waals surface area (Å²) in [6.45, 7) is 8.68. The fourth-order valence-corrected chi connectivity index (χ4v) is 5.14. The molecule has 0 saturated carbocycles. The fourth-order valence-electron chi connectivity index (χ4n) is 3.76. The molecule has 0 saturated heterocycles. The van der Waals surface area contributed by atoms with Crippen LogP contribution in [0.3, 0.4) is 0 Å². The maximum atomic E-state index is 13.7. The number of unbranched alkanes of at least 4 members (excludes halogenated alkanes) is 2. The van der Waals surface area contributed by atoms with Crippen molar-refractivity contribution in [3.05, 3.63) is 66.2 Å². The summed E-state index contributed by atoms with van der Waals surface area (Å²) in [6, 6.07) is 19.4. The third-order valence-corrected chi connectivity index (χ3v) is 7.27. The van der Waals surface area contributed by atoms with E-state index in [2.05, 4.69) is 27.7 Å². The first-order valence-corrected chi connectivity index (χ1v) is 12.4. The lowest BCUT2D eigenvalue weighted by atomic mass is 9.86. The molecule has 3 rings (SSSR count). The van der Waals surface area contributed by atoms with Gasteiger partial charge in [0.25, 0.3) is 0 Å². The second kappa shape index (κ2) is 10.9. The lowest BCUT2D eigenvalue weighted by Gasteiger charge is -2.29. The molecule has 3 aromatic rings. The topological polar surface area (TPSA) is 35.5 Å². The number of thioether (sulfide) groups is 1. The van der Waals surface area contributed by atoms with Gasteiger partial charge in [0.1, 0.15) is 17.2 Å². The van der Waals surface area contributed by atoms with Crippen LogP contribution in [0.15, 0.2) is 60.7 Å². The molecule has 170 valence electrons. The number of carbonyl (C=O) groups is 1. The Balaban J connectivity index is 1.92. The van der Waals surface area contributed by atoms with Crippen molar-refractivity contribution in [1.82, 2.24) is 0 Å². The first-order valence-electron chi connectivity index (χ1n) is 11.3. The smallest absolute Gasteiger partial charge is 0.176 e. The average Bonchev–Trinajstić information content (AvgIpc) is 2.78. The number of hydrogen-bond acceptors (Lipinski definition) is 4. The van der Waals surface area contributed by atoms with Crippen LogP contribution in [-0.2, 0) is 0 Å². The van der Waals surface area contributed by atoms with E-state index in [1.54, 1.807) is 18.9 Å². The molecule has 0 aliphatic rings.